The summed E-state index contributed by atoms with van der Waals surface area (Å²) in [6.45, 7) is 13.9. The highest BCUT2D eigenvalue weighted by molar-refractivity contribution is 7.66. The van der Waals surface area contributed by atoms with E-state index in [9.17, 15) is 0 Å². The van der Waals surface area contributed by atoms with Gasteiger partial charge < -0.3 is 0 Å². The molecular weight excluding hydrogens is 231 g/mol. The summed E-state index contributed by atoms with van der Waals surface area (Å²) in [4.78, 5) is 3.04. The molecule has 1 rings (SSSR count). The summed E-state index contributed by atoms with van der Waals surface area (Å²) in [7, 11) is 0.0757. The van der Waals surface area contributed by atoms with Crippen molar-refractivity contribution in [2.75, 3.05) is 12.3 Å². The zero-order valence-electron chi connectivity index (χ0n) is 11.5. The SMILES string of the molecule is Cc1cc(P(CC(C)C)CC(C)C)c(C)s1. The fraction of sp³-hybridized carbons (Fsp3) is 0.714. The predicted octanol–water partition coefficient (Wildman–Crippen LogP) is 4.78. The van der Waals surface area contributed by atoms with Crippen LogP contribution in [0, 0.1) is 25.7 Å². The van der Waals surface area contributed by atoms with Crippen LogP contribution in [0.25, 0.3) is 0 Å². The number of hydrogen-bond donors (Lipinski definition) is 0. The van der Waals surface area contributed by atoms with Crippen molar-refractivity contribution >= 4 is 24.6 Å². The second kappa shape index (κ2) is 6.17. The standard InChI is InChI=1S/C14H25PS/c1-10(2)8-15(9-11(3)4)14-7-12(5)16-13(14)6/h7,10-11H,8-9H2,1-6H3. The van der Waals surface area contributed by atoms with Crippen LogP contribution in [0.4, 0.5) is 0 Å². The van der Waals surface area contributed by atoms with E-state index < -0.39 is 0 Å². The molecule has 0 unspecified atom stereocenters. The second-order valence-electron chi connectivity index (χ2n) is 5.49. The zero-order valence-corrected chi connectivity index (χ0v) is 13.2. The van der Waals surface area contributed by atoms with Gasteiger partial charge in [0.05, 0.1) is 0 Å². The molecule has 0 nitrogen and oxygen atoms in total. The molecule has 0 atom stereocenters. The Bertz CT molecular complexity index is 315. The lowest BCUT2D eigenvalue weighted by molar-refractivity contribution is 0.721. The van der Waals surface area contributed by atoms with Gasteiger partial charge in [-0.1, -0.05) is 35.6 Å². The summed E-state index contributed by atoms with van der Waals surface area (Å²) < 4.78 is 0. The number of aryl methyl sites for hydroxylation is 2. The molecule has 0 amide bonds. The van der Waals surface area contributed by atoms with Crippen LogP contribution < -0.4 is 5.30 Å². The lowest BCUT2D eigenvalue weighted by Crippen LogP contribution is -2.12. The van der Waals surface area contributed by atoms with E-state index in [1.54, 1.807) is 10.2 Å². The molecule has 0 aliphatic rings. The van der Waals surface area contributed by atoms with E-state index in [0.29, 0.717) is 0 Å². The molecule has 92 valence electrons. The van der Waals surface area contributed by atoms with Crippen LogP contribution in [0.1, 0.15) is 37.4 Å². The Morgan fingerprint density at radius 1 is 1.06 bits per heavy atom. The molecule has 0 aliphatic heterocycles. The Morgan fingerprint density at radius 3 is 1.88 bits per heavy atom. The van der Waals surface area contributed by atoms with Gasteiger partial charge in [0, 0.05) is 9.75 Å². The van der Waals surface area contributed by atoms with E-state index in [1.807, 2.05) is 11.3 Å². The first-order valence-corrected chi connectivity index (χ1v) is 8.75. The first-order chi connectivity index (χ1) is 7.40. The quantitative estimate of drug-likeness (QED) is 0.665. The van der Waals surface area contributed by atoms with Crippen molar-refractivity contribution in [3.63, 3.8) is 0 Å². The first-order valence-electron chi connectivity index (χ1n) is 6.22. The average Bonchev–Trinajstić information content (AvgIpc) is 2.42. The van der Waals surface area contributed by atoms with E-state index in [2.05, 4.69) is 47.6 Å². The highest BCUT2D eigenvalue weighted by Gasteiger charge is 2.17. The first kappa shape index (κ1) is 14.2. The third kappa shape index (κ3) is 4.18. The van der Waals surface area contributed by atoms with E-state index in [0.717, 1.165) is 11.8 Å². The molecule has 0 fully saturated rings. The maximum Gasteiger partial charge on any atom is 0.00938 e. The van der Waals surface area contributed by atoms with Gasteiger partial charge in [-0.05, 0) is 49.4 Å². The summed E-state index contributed by atoms with van der Waals surface area (Å²) in [5.41, 5.74) is 0. The highest BCUT2D eigenvalue weighted by Crippen LogP contribution is 2.41. The van der Waals surface area contributed by atoms with Crippen LogP contribution in [-0.4, -0.2) is 12.3 Å². The molecule has 0 saturated heterocycles. The summed E-state index contributed by atoms with van der Waals surface area (Å²) in [5, 5.41) is 1.68. The average molecular weight is 256 g/mol. The van der Waals surface area contributed by atoms with Crippen LogP contribution in [-0.2, 0) is 0 Å². The Kier molecular flexibility index (Phi) is 5.47. The maximum atomic E-state index is 2.44. The summed E-state index contributed by atoms with van der Waals surface area (Å²) in [6, 6.07) is 2.44. The molecule has 1 aromatic rings. The Morgan fingerprint density at radius 2 is 1.56 bits per heavy atom. The summed E-state index contributed by atoms with van der Waals surface area (Å²) in [5.74, 6) is 1.65. The molecule has 16 heavy (non-hydrogen) atoms. The van der Waals surface area contributed by atoms with Gasteiger partial charge in [-0.2, -0.15) is 0 Å². The fourth-order valence-electron chi connectivity index (χ4n) is 2.08. The van der Waals surface area contributed by atoms with Crippen LogP contribution in [0.2, 0.25) is 0 Å². The van der Waals surface area contributed by atoms with Crippen molar-refractivity contribution in [3.8, 4) is 0 Å². The van der Waals surface area contributed by atoms with Gasteiger partial charge in [-0.15, -0.1) is 11.3 Å². The van der Waals surface area contributed by atoms with Crippen LogP contribution >= 0.6 is 19.3 Å². The van der Waals surface area contributed by atoms with Crippen LogP contribution in [0.5, 0.6) is 0 Å². The number of rotatable bonds is 5. The molecule has 0 N–H and O–H groups in total. The van der Waals surface area contributed by atoms with Gasteiger partial charge in [0.15, 0.2) is 0 Å². The number of hydrogen-bond acceptors (Lipinski definition) is 1. The van der Waals surface area contributed by atoms with Crippen LogP contribution in [0.15, 0.2) is 6.07 Å². The van der Waals surface area contributed by atoms with Crippen molar-refractivity contribution in [1.82, 2.24) is 0 Å². The van der Waals surface area contributed by atoms with Crippen molar-refractivity contribution < 1.29 is 0 Å². The third-order valence-corrected chi connectivity index (χ3v) is 7.13. The van der Waals surface area contributed by atoms with E-state index >= 15 is 0 Å². The fourth-order valence-corrected chi connectivity index (χ4v) is 6.65. The van der Waals surface area contributed by atoms with Crippen molar-refractivity contribution in [1.29, 1.82) is 0 Å². The second-order valence-corrected chi connectivity index (χ2v) is 9.24. The lowest BCUT2D eigenvalue weighted by Gasteiger charge is -2.22. The van der Waals surface area contributed by atoms with E-state index in [4.69, 9.17) is 0 Å². The van der Waals surface area contributed by atoms with Gasteiger partial charge in [0.1, 0.15) is 0 Å². The highest BCUT2D eigenvalue weighted by atomic mass is 32.1. The molecule has 0 radical (unpaired) electrons. The molecular formula is C14H25PS. The molecule has 0 aromatic carbocycles. The molecule has 0 spiro atoms. The van der Waals surface area contributed by atoms with E-state index in [-0.39, 0.29) is 7.92 Å². The van der Waals surface area contributed by atoms with Crippen molar-refractivity contribution in [2.45, 2.75) is 41.5 Å². The molecule has 0 bridgehead atoms. The van der Waals surface area contributed by atoms with Crippen molar-refractivity contribution in [3.05, 3.63) is 15.8 Å². The van der Waals surface area contributed by atoms with Gasteiger partial charge in [0.25, 0.3) is 0 Å². The number of thiophene rings is 1. The monoisotopic (exact) mass is 256 g/mol. The molecule has 1 heterocycles. The molecule has 1 aromatic heterocycles. The topological polar surface area (TPSA) is 0 Å². The Hall–Kier alpha value is 0.130. The summed E-state index contributed by atoms with van der Waals surface area (Å²) in [6.07, 6.45) is 2.79. The molecule has 2 heteroatoms. The maximum absolute atomic E-state index is 2.44. The normalized spacial score (nSPS) is 12.1. The van der Waals surface area contributed by atoms with Gasteiger partial charge in [-0.25, -0.2) is 0 Å². The minimum absolute atomic E-state index is 0.0757. The van der Waals surface area contributed by atoms with Crippen molar-refractivity contribution in [2.24, 2.45) is 11.8 Å². The van der Waals surface area contributed by atoms with Gasteiger partial charge >= 0.3 is 0 Å². The van der Waals surface area contributed by atoms with Crippen LogP contribution in [0.3, 0.4) is 0 Å². The minimum atomic E-state index is 0.0757. The largest absolute Gasteiger partial charge is 0.145 e. The third-order valence-electron chi connectivity index (χ3n) is 2.53. The minimum Gasteiger partial charge on any atom is -0.145 e. The summed E-state index contributed by atoms with van der Waals surface area (Å²) >= 11 is 1.97. The zero-order chi connectivity index (χ0) is 12.3. The van der Waals surface area contributed by atoms with Gasteiger partial charge in [0.2, 0.25) is 0 Å². The molecule has 0 aliphatic carbocycles. The Labute approximate surface area is 106 Å². The smallest absolute Gasteiger partial charge is 0.00938 e. The predicted molar refractivity (Wildman–Crippen MR) is 79.8 cm³/mol. The Balaban J connectivity index is 2.86. The molecule has 0 saturated carbocycles. The lowest BCUT2D eigenvalue weighted by atomic mass is 10.3. The van der Waals surface area contributed by atoms with Gasteiger partial charge in [-0.3, -0.25) is 0 Å². The van der Waals surface area contributed by atoms with E-state index in [1.165, 1.54) is 17.2 Å².